The molecule has 0 aliphatic carbocycles. The van der Waals surface area contributed by atoms with Gasteiger partial charge >= 0.3 is 0 Å². The third-order valence-corrected chi connectivity index (χ3v) is 6.31. The fourth-order valence-corrected chi connectivity index (χ4v) is 4.88. The maximum atomic E-state index is 12.5. The van der Waals surface area contributed by atoms with E-state index < -0.39 is 0 Å². The lowest BCUT2D eigenvalue weighted by Crippen LogP contribution is -2.50. The summed E-state index contributed by atoms with van der Waals surface area (Å²) >= 11 is 1.67. The van der Waals surface area contributed by atoms with E-state index in [-0.39, 0.29) is 23.9 Å². The molecule has 1 aromatic heterocycles. The van der Waals surface area contributed by atoms with E-state index >= 15 is 0 Å². The van der Waals surface area contributed by atoms with Crippen molar-refractivity contribution in [3.63, 3.8) is 0 Å². The van der Waals surface area contributed by atoms with Crippen LogP contribution in [0.25, 0.3) is 0 Å². The average Bonchev–Trinajstić information content (AvgIpc) is 3.28. The quantitative estimate of drug-likeness (QED) is 0.888. The van der Waals surface area contributed by atoms with Crippen LogP contribution in [0.3, 0.4) is 0 Å². The van der Waals surface area contributed by atoms with Crippen molar-refractivity contribution in [1.82, 2.24) is 15.1 Å². The molecule has 0 unspecified atom stereocenters. The van der Waals surface area contributed by atoms with Gasteiger partial charge in [0.25, 0.3) is 0 Å². The van der Waals surface area contributed by atoms with Crippen molar-refractivity contribution in [1.29, 1.82) is 0 Å². The molecule has 3 heterocycles. The summed E-state index contributed by atoms with van der Waals surface area (Å²) in [6.45, 7) is 5.94. The molecule has 0 aromatic carbocycles. The highest BCUT2D eigenvalue weighted by molar-refractivity contribution is 7.10. The minimum Gasteiger partial charge on any atom is -0.348 e. The Bertz CT molecular complexity index is 575. The highest BCUT2D eigenvalue weighted by Crippen LogP contribution is 2.30. The van der Waals surface area contributed by atoms with Crippen LogP contribution in [0.15, 0.2) is 17.5 Å². The summed E-state index contributed by atoms with van der Waals surface area (Å²) < 4.78 is 0. The van der Waals surface area contributed by atoms with Gasteiger partial charge in [0.1, 0.15) is 0 Å². The first-order valence-electron chi connectivity index (χ1n) is 8.90. The number of amides is 2. The number of carbonyl (C=O) groups is 2. The van der Waals surface area contributed by atoms with Crippen LogP contribution in [0.5, 0.6) is 0 Å². The van der Waals surface area contributed by atoms with E-state index in [1.807, 2.05) is 23.3 Å². The van der Waals surface area contributed by atoms with Gasteiger partial charge in [-0.05, 0) is 50.6 Å². The third kappa shape index (κ3) is 3.81. The lowest BCUT2D eigenvalue weighted by Gasteiger charge is -2.34. The monoisotopic (exact) mass is 349 g/mol. The Morgan fingerprint density at radius 1 is 1.29 bits per heavy atom. The zero-order valence-corrected chi connectivity index (χ0v) is 15.3. The first kappa shape index (κ1) is 17.4. The number of likely N-dealkylation sites (tertiary alicyclic amines) is 2. The largest absolute Gasteiger partial charge is 0.348 e. The van der Waals surface area contributed by atoms with Crippen LogP contribution >= 0.6 is 11.3 Å². The minimum atomic E-state index is 0.0544. The minimum absolute atomic E-state index is 0.0544. The number of thiophene rings is 1. The molecule has 0 saturated carbocycles. The summed E-state index contributed by atoms with van der Waals surface area (Å²) in [5.74, 6) is 0.246. The van der Waals surface area contributed by atoms with Crippen molar-refractivity contribution < 1.29 is 9.59 Å². The highest BCUT2D eigenvalue weighted by atomic mass is 32.1. The van der Waals surface area contributed by atoms with E-state index in [0.29, 0.717) is 12.6 Å². The van der Waals surface area contributed by atoms with Crippen molar-refractivity contribution in [2.45, 2.75) is 57.7 Å². The Balaban J connectivity index is 1.57. The predicted molar refractivity (Wildman–Crippen MR) is 95.9 cm³/mol. The van der Waals surface area contributed by atoms with Gasteiger partial charge in [-0.25, -0.2) is 0 Å². The first-order valence-corrected chi connectivity index (χ1v) is 9.78. The maximum absolute atomic E-state index is 12.5. The van der Waals surface area contributed by atoms with Crippen molar-refractivity contribution in [3.8, 4) is 0 Å². The fraction of sp³-hybridized carbons (Fsp3) is 0.667. The van der Waals surface area contributed by atoms with Crippen LogP contribution in [0, 0.1) is 0 Å². The molecule has 0 bridgehead atoms. The Morgan fingerprint density at radius 3 is 2.75 bits per heavy atom. The molecule has 2 aliphatic rings. The van der Waals surface area contributed by atoms with Gasteiger partial charge in [0, 0.05) is 30.4 Å². The van der Waals surface area contributed by atoms with E-state index in [2.05, 4.69) is 16.3 Å². The van der Waals surface area contributed by atoms with E-state index in [0.717, 1.165) is 38.8 Å². The molecule has 1 aromatic rings. The number of hydrogen-bond acceptors (Lipinski definition) is 4. The molecule has 2 aliphatic heterocycles. The average molecular weight is 350 g/mol. The lowest BCUT2D eigenvalue weighted by atomic mass is 10.0. The number of carbonyl (C=O) groups excluding carboxylic acids is 2. The lowest BCUT2D eigenvalue weighted by molar-refractivity contribution is -0.130. The molecule has 24 heavy (non-hydrogen) atoms. The second-order valence-electron chi connectivity index (χ2n) is 6.91. The Labute approximate surface area is 148 Å². The SMILES string of the molecule is CC(=O)N1CCC[C@@H]1[C@@H]1CCCN1CC(=O)N[C@@H](C)c1cccs1. The zero-order chi connectivity index (χ0) is 17.1. The summed E-state index contributed by atoms with van der Waals surface area (Å²) in [6, 6.07) is 4.73. The summed E-state index contributed by atoms with van der Waals surface area (Å²) in [7, 11) is 0. The summed E-state index contributed by atoms with van der Waals surface area (Å²) in [4.78, 5) is 29.8. The Hall–Kier alpha value is -1.40. The highest BCUT2D eigenvalue weighted by Gasteiger charge is 2.39. The molecule has 3 atom stereocenters. The summed E-state index contributed by atoms with van der Waals surface area (Å²) in [5.41, 5.74) is 0. The van der Waals surface area contributed by atoms with Crippen molar-refractivity contribution in [2.24, 2.45) is 0 Å². The predicted octanol–water partition coefficient (Wildman–Crippen LogP) is 2.40. The van der Waals surface area contributed by atoms with Crippen LogP contribution in [-0.2, 0) is 9.59 Å². The zero-order valence-electron chi connectivity index (χ0n) is 14.5. The van der Waals surface area contributed by atoms with Crippen LogP contribution in [0.2, 0.25) is 0 Å². The van der Waals surface area contributed by atoms with Gasteiger partial charge in [-0.15, -0.1) is 11.3 Å². The van der Waals surface area contributed by atoms with Gasteiger partial charge in [0.2, 0.25) is 11.8 Å². The summed E-state index contributed by atoms with van der Waals surface area (Å²) in [5, 5.41) is 5.14. The first-order chi connectivity index (χ1) is 11.6. The number of nitrogens with zero attached hydrogens (tertiary/aromatic N) is 2. The maximum Gasteiger partial charge on any atom is 0.234 e. The molecular weight excluding hydrogens is 322 g/mol. The van der Waals surface area contributed by atoms with E-state index in [9.17, 15) is 9.59 Å². The fourth-order valence-electron chi connectivity index (χ4n) is 4.15. The number of hydrogen-bond donors (Lipinski definition) is 1. The van der Waals surface area contributed by atoms with Gasteiger partial charge in [-0.2, -0.15) is 0 Å². The van der Waals surface area contributed by atoms with Gasteiger partial charge in [0.15, 0.2) is 0 Å². The van der Waals surface area contributed by atoms with E-state index in [1.54, 1.807) is 18.3 Å². The third-order valence-electron chi connectivity index (χ3n) is 5.26. The van der Waals surface area contributed by atoms with Crippen molar-refractivity contribution >= 4 is 23.2 Å². The molecule has 1 N–H and O–H groups in total. The molecule has 6 heteroatoms. The van der Waals surface area contributed by atoms with Gasteiger partial charge in [-0.3, -0.25) is 14.5 Å². The molecule has 5 nitrogen and oxygen atoms in total. The van der Waals surface area contributed by atoms with Gasteiger partial charge in [-0.1, -0.05) is 6.07 Å². The molecule has 2 fully saturated rings. The number of nitrogens with one attached hydrogen (secondary N) is 1. The second-order valence-corrected chi connectivity index (χ2v) is 7.89. The van der Waals surface area contributed by atoms with Gasteiger partial charge in [0.05, 0.1) is 12.6 Å². The molecule has 0 spiro atoms. The van der Waals surface area contributed by atoms with Crippen LogP contribution < -0.4 is 5.32 Å². The number of rotatable bonds is 5. The molecule has 2 saturated heterocycles. The standard InChI is InChI=1S/C18H27N3O2S/c1-13(17-8-5-11-24-17)19-18(23)12-20-9-3-6-15(20)16-7-4-10-21(16)14(2)22/h5,8,11,13,15-16H,3-4,6-7,9-10,12H2,1-2H3,(H,19,23)/t13-,15-,16+/m0/s1. The molecule has 2 amide bonds. The van der Waals surface area contributed by atoms with Crippen molar-refractivity contribution in [3.05, 3.63) is 22.4 Å². The summed E-state index contributed by atoms with van der Waals surface area (Å²) in [6.07, 6.45) is 4.34. The van der Waals surface area contributed by atoms with Crippen LogP contribution in [0.4, 0.5) is 0 Å². The van der Waals surface area contributed by atoms with E-state index in [4.69, 9.17) is 0 Å². The topological polar surface area (TPSA) is 52.7 Å². The smallest absolute Gasteiger partial charge is 0.234 e. The van der Waals surface area contributed by atoms with Crippen LogP contribution in [0.1, 0.15) is 50.4 Å². The molecule has 0 radical (unpaired) electrons. The second kappa shape index (κ2) is 7.66. The molecule has 3 rings (SSSR count). The van der Waals surface area contributed by atoms with Crippen LogP contribution in [-0.4, -0.2) is 53.3 Å². The van der Waals surface area contributed by atoms with E-state index in [1.165, 1.54) is 4.88 Å². The van der Waals surface area contributed by atoms with Crippen molar-refractivity contribution in [2.75, 3.05) is 19.6 Å². The molecule has 132 valence electrons. The normalized spacial score (nSPS) is 25.8. The Kier molecular flexibility index (Phi) is 5.56. The molecular formula is C18H27N3O2S. The van der Waals surface area contributed by atoms with Gasteiger partial charge < -0.3 is 10.2 Å². The Morgan fingerprint density at radius 2 is 2.04 bits per heavy atom.